The van der Waals surface area contributed by atoms with Gasteiger partial charge >= 0.3 is 0 Å². The second-order valence-corrected chi connectivity index (χ2v) is 7.44. The molecule has 1 aliphatic heterocycles. The second kappa shape index (κ2) is 6.20. The average Bonchev–Trinajstić information content (AvgIpc) is 3.26. The van der Waals surface area contributed by atoms with Crippen molar-refractivity contribution in [2.45, 2.75) is 32.4 Å². The van der Waals surface area contributed by atoms with E-state index in [0.29, 0.717) is 5.78 Å². The zero-order valence-corrected chi connectivity index (χ0v) is 15.1. The molecule has 1 N–H and O–H groups in total. The van der Waals surface area contributed by atoms with Gasteiger partial charge in [-0.2, -0.15) is 0 Å². The van der Waals surface area contributed by atoms with E-state index < -0.39 is 5.54 Å². The predicted octanol–water partition coefficient (Wildman–Crippen LogP) is 1.73. The first-order valence-corrected chi connectivity index (χ1v) is 9.14. The lowest BCUT2D eigenvalue weighted by molar-refractivity contribution is -0.120. The number of fused-ring (bicyclic) bond motifs is 1. The van der Waals surface area contributed by atoms with Gasteiger partial charge in [-0.15, -0.1) is 11.3 Å². The van der Waals surface area contributed by atoms with E-state index in [9.17, 15) is 4.79 Å². The number of likely N-dealkylation sites (tertiary alicyclic amines) is 1. The van der Waals surface area contributed by atoms with Crippen molar-refractivity contribution in [1.29, 1.82) is 0 Å². The molecule has 7 nitrogen and oxygen atoms in total. The van der Waals surface area contributed by atoms with E-state index >= 15 is 0 Å². The molecule has 0 bridgehead atoms. The minimum Gasteiger partial charge on any atom is -0.343 e. The Hall–Kier alpha value is -2.32. The molecule has 0 aromatic carbocycles. The zero-order valence-electron chi connectivity index (χ0n) is 14.3. The molecule has 1 fully saturated rings. The summed E-state index contributed by atoms with van der Waals surface area (Å²) in [6.45, 7) is 5.91. The van der Waals surface area contributed by atoms with Gasteiger partial charge in [-0.25, -0.2) is 15.0 Å². The fourth-order valence-electron chi connectivity index (χ4n) is 3.45. The Bertz CT molecular complexity index is 886. The Morgan fingerprint density at radius 3 is 3.04 bits per heavy atom. The van der Waals surface area contributed by atoms with Crippen LogP contribution in [0, 0.1) is 6.92 Å². The summed E-state index contributed by atoms with van der Waals surface area (Å²) in [4.78, 5) is 27.6. The zero-order chi connectivity index (χ0) is 17.4. The number of thiazole rings is 1. The number of hydrogen-bond donors (Lipinski definition) is 1. The lowest BCUT2D eigenvalue weighted by atomic mass is 9.99. The maximum absolute atomic E-state index is 11.8. The average molecular weight is 356 g/mol. The molecule has 1 atom stereocenters. The first kappa shape index (κ1) is 16.2. The van der Waals surface area contributed by atoms with Gasteiger partial charge in [0.15, 0.2) is 0 Å². The van der Waals surface area contributed by atoms with Gasteiger partial charge in [0, 0.05) is 56.2 Å². The van der Waals surface area contributed by atoms with Gasteiger partial charge in [-0.3, -0.25) is 14.1 Å². The van der Waals surface area contributed by atoms with Crippen molar-refractivity contribution < 1.29 is 4.79 Å². The summed E-state index contributed by atoms with van der Waals surface area (Å²) in [6.07, 6.45) is 6.55. The number of amides is 1. The van der Waals surface area contributed by atoms with Crippen LogP contribution in [0.15, 0.2) is 30.0 Å². The van der Waals surface area contributed by atoms with Crippen molar-refractivity contribution in [1.82, 2.24) is 29.6 Å². The Kier molecular flexibility index (Phi) is 4.01. The number of carbonyl (C=O) groups excluding carboxylic acids is 1. The number of nitrogens with one attached hydrogen (secondary N) is 1. The Morgan fingerprint density at radius 2 is 2.32 bits per heavy atom. The molecule has 25 heavy (non-hydrogen) atoms. The van der Waals surface area contributed by atoms with Gasteiger partial charge in [0.05, 0.1) is 5.69 Å². The van der Waals surface area contributed by atoms with E-state index in [0.717, 1.165) is 42.5 Å². The first-order chi connectivity index (χ1) is 12.0. The van der Waals surface area contributed by atoms with Crippen LogP contribution >= 0.6 is 11.3 Å². The predicted molar refractivity (Wildman–Crippen MR) is 95.2 cm³/mol. The molecule has 1 saturated heterocycles. The third kappa shape index (κ3) is 3.14. The number of imidazole rings is 1. The lowest BCUT2D eigenvalue weighted by Gasteiger charge is -2.28. The van der Waals surface area contributed by atoms with Gasteiger partial charge in [-0.1, -0.05) is 0 Å². The molecule has 0 spiro atoms. The Morgan fingerprint density at radius 1 is 1.44 bits per heavy atom. The molecule has 4 heterocycles. The Balaban J connectivity index is 1.55. The molecule has 0 radical (unpaired) electrons. The topological polar surface area (TPSA) is 75.4 Å². The Labute approximate surface area is 149 Å². The van der Waals surface area contributed by atoms with E-state index in [4.69, 9.17) is 0 Å². The maximum atomic E-state index is 11.8. The fourth-order valence-corrected chi connectivity index (χ4v) is 4.42. The van der Waals surface area contributed by atoms with Crippen LogP contribution in [0.2, 0.25) is 0 Å². The standard InChI is InChI=1S/C17H20N6OS/c1-12-10-25-15(19-12)17(21-13(2)24)4-7-22(11-17)8-14-9-23-6-3-5-18-16(23)20-14/h3,5-6,9-10H,4,7-8,11H2,1-2H3,(H,21,24). The normalized spacial score (nSPS) is 21.0. The molecule has 1 unspecified atom stereocenters. The number of carbonyl (C=O) groups is 1. The molecule has 130 valence electrons. The maximum Gasteiger partial charge on any atom is 0.233 e. The van der Waals surface area contributed by atoms with Gasteiger partial charge in [0.2, 0.25) is 11.7 Å². The van der Waals surface area contributed by atoms with Crippen LogP contribution in [0.25, 0.3) is 5.78 Å². The number of aryl methyl sites for hydroxylation is 1. The van der Waals surface area contributed by atoms with Crippen molar-refractivity contribution >= 4 is 23.0 Å². The van der Waals surface area contributed by atoms with Crippen molar-refractivity contribution in [3.8, 4) is 0 Å². The highest BCUT2D eigenvalue weighted by Crippen LogP contribution is 2.34. The highest BCUT2D eigenvalue weighted by Gasteiger charge is 2.42. The van der Waals surface area contributed by atoms with Crippen LogP contribution in [0.1, 0.15) is 29.7 Å². The summed E-state index contributed by atoms with van der Waals surface area (Å²) in [5, 5.41) is 6.18. The summed E-state index contributed by atoms with van der Waals surface area (Å²) in [5.74, 6) is 0.687. The molecule has 1 amide bonds. The third-order valence-electron chi connectivity index (χ3n) is 4.46. The van der Waals surface area contributed by atoms with E-state index in [-0.39, 0.29) is 5.91 Å². The summed E-state index contributed by atoms with van der Waals surface area (Å²) >= 11 is 1.62. The monoisotopic (exact) mass is 356 g/mol. The molecule has 3 aromatic heterocycles. The van der Waals surface area contributed by atoms with Crippen LogP contribution in [-0.4, -0.2) is 43.2 Å². The van der Waals surface area contributed by atoms with Crippen molar-refractivity contribution in [2.75, 3.05) is 13.1 Å². The molecule has 4 rings (SSSR count). The molecule has 0 saturated carbocycles. The van der Waals surface area contributed by atoms with Gasteiger partial charge in [0.25, 0.3) is 0 Å². The van der Waals surface area contributed by atoms with E-state index in [1.807, 2.05) is 35.2 Å². The summed E-state index contributed by atoms with van der Waals surface area (Å²) in [5.41, 5.74) is 1.57. The molecule has 0 aliphatic carbocycles. The van der Waals surface area contributed by atoms with Gasteiger partial charge < -0.3 is 5.32 Å². The van der Waals surface area contributed by atoms with Crippen molar-refractivity contribution in [2.24, 2.45) is 0 Å². The van der Waals surface area contributed by atoms with Crippen LogP contribution in [0.3, 0.4) is 0 Å². The van der Waals surface area contributed by atoms with Crippen molar-refractivity contribution in [3.05, 3.63) is 46.4 Å². The quantitative estimate of drug-likeness (QED) is 0.770. The molecule has 8 heteroatoms. The third-order valence-corrected chi connectivity index (χ3v) is 5.63. The first-order valence-electron chi connectivity index (χ1n) is 8.26. The molecule has 1 aliphatic rings. The summed E-state index contributed by atoms with van der Waals surface area (Å²) < 4.78 is 1.93. The van der Waals surface area contributed by atoms with E-state index in [2.05, 4.69) is 25.2 Å². The fraction of sp³-hybridized carbons (Fsp3) is 0.412. The van der Waals surface area contributed by atoms with Crippen LogP contribution < -0.4 is 5.32 Å². The lowest BCUT2D eigenvalue weighted by Crippen LogP contribution is -2.47. The molecular formula is C17H20N6OS. The summed E-state index contributed by atoms with van der Waals surface area (Å²) in [6, 6.07) is 1.89. The smallest absolute Gasteiger partial charge is 0.233 e. The number of rotatable bonds is 4. The van der Waals surface area contributed by atoms with E-state index in [1.54, 1.807) is 24.5 Å². The highest BCUT2D eigenvalue weighted by molar-refractivity contribution is 7.09. The number of nitrogens with zero attached hydrogens (tertiary/aromatic N) is 5. The van der Waals surface area contributed by atoms with Crippen LogP contribution in [0.4, 0.5) is 0 Å². The summed E-state index contributed by atoms with van der Waals surface area (Å²) in [7, 11) is 0. The molecular weight excluding hydrogens is 336 g/mol. The van der Waals surface area contributed by atoms with Gasteiger partial charge in [-0.05, 0) is 19.4 Å². The van der Waals surface area contributed by atoms with Gasteiger partial charge in [0.1, 0.15) is 10.5 Å². The highest BCUT2D eigenvalue weighted by atomic mass is 32.1. The number of hydrogen-bond acceptors (Lipinski definition) is 6. The molecule has 3 aromatic rings. The second-order valence-electron chi connectivity index (χ2n) is 6.58. The van der Waals surface area contributed by atoms with Crippen LogP contribution in [-0.2, 0) is 16.9 Å². The minimum absolute atomic E-state index is 0.0216. The largest absolute Gasteiger partial charge is 0.343 e. The number of aromatic nitrogens is 4. The minimum atomic E-state index is -0.401. The SMILES string of the molecule is CC(=O)NC1(c2nc(C)cs2)CCN(Cc2cn3cccnc3n2)C1. The van der Waals surface area contributed by atoms with E-state index in [1.165, 1.54) is 0 Å². The van der Waals surface area contributed by atoms with Crippen molar-refractivity contribution in [3.63, 3.8) is 0 Å². The van der Waals surface area contributed by atoms with Crippen LogP contribution in [0.5, 0.6) is 0 Å².